The lowest BCUT2D eigenvalue weighted by molar-refractivity contribution is -0.172. The number of carboxylic acids is 1. The van der Waals surface area contributed by atoms with E-state index in [9.17, 15) is 29.1 Å². The van der Waals surface area contributed by atoms with Crippen molar-refractivity contribution in [3.05, 3.63) is 35.4 Å². The standard InChI is InChI=1S/C37H55FN2O10/c1-23(32(42)43)48-33(44)28(21-25-9-10-25)39(7)31(41)30(16-13-24-11-14-26(15-12-24)27-17-19-47-20-18-27)49-34(45)29(22-37(5,6)38)40(8)35(46)50-36(2,3)4/h11-12,14-15,23,25,27-30H,9-10,13,16-22H2,1-8H3,(H,42,43)/t23-,28+,29+,30-/m1/s1. The van der Waals surface area contributed by atoms with Crippen molar-refractivity contribution in [2.45, 2.75) is 134 Å². The van der Waals surface area contributed by atoms with Gasteiger partial charge in [-0.3, -0.25) is 9.69 Å². The molecule has 280 valence electrons. The Morgan fingerprint density at radius 1 is 0.900 bits per heavy atom. The van der Waals surface area contributed by atoms with Gasteiger partial charge in [-0.15, -0.1) is 0 Å². The number of rotatable bonds is 16. The first-order chi connectivity index (χ1) is 23.3. The Labute approximate surface area is 294 Å². The summed E-state index contributed by atoms with van der Waals surface area (Å²) in [7, 11) is 2.69. The third-order valence-corrected chi connectivity index (χ3v) is 8.98. The summed E-state index contributed by atoms with van der Waals surface area (Å²) in [5.41, 5.74) is -0.721. The average molecular weight is 707 g/mol. The number of aliphatic carboxylic acids is 1. The van der Waals surface area contributed by atoms with Crippen LogP contribution >= 0.6 is 0 Å². The van der Waals surface area contributed by atoms with Crippen molar-refractivity contribution in [3.8, 4) is 0 Å². The van der Waals surface area contributed by atoms with Crippen LogP contribution in [0.4, 0.5) is 9.18 Å². The van der Waals surface area contributed by atoms with Gasteiger partial charge in [-0.25, -0.2) is 23.6 Å². The molecule has 13 heteroatoms. The second kappa shape index (κ2) is 17.5. The predicted molar refractivity (Wildman–Crippen MR) is 182 cm³/mol. The second-order valence-corrected chi connectivity index (χ2v) is 15.2. The van der Waals surface area contributed by atoms with Crippen LogP contribution < -0.4 is 0 Å². The van der Waals surface area contributed by atoms with Crippen molar-refractivity contribution in [2.24, 2.45) is 5.92 Å². The zero-order valence-corrected chi connectivity index (χ0v) is 30.7. The van der Waals surface area contributed by atoms with E-state index in [0.717, 1.165) is 41.0 Å². The third-order valence-electron chi connectivity index (χ3n) is 8.98. The highest BCUT2D eigenvalue weighted by Gasteiger charge is 2.41. The number of carbonyl (C=O) groups excluding carboxylic acids is 4. The normalized spacial score (nSPS) is 17.9. The number of halogens is 1. The number of hydrogen-bond donors (Lipinski definition) is 1. The minimum absolute atomic E-state index is 0.0180. The van der Waals surface area contributed by atoms with E-state index in [0.29, 0.717) is 25.6 Å². The molecule has 12 nitrogen and oxygen atoms in total. The highest BCUT2D eigenvalue weighted by atomic mass is 19.1. The summed E-state index contributed by atoms with van der Waals surface area (Å²) in [4.78, 5) is 67.7. The number of hydrogen-bond acceptors (Lipinski definition) is 9. The van der Waals surface area contributed by atoms with Crippen LogP contribution in [0, 0.1) is 5.92 Å². The number of alkyl halides is 1. The molecule has 0 spiro atoms. The molecule has 1 aliphatic carbocycles. The minimum Gasteiger partial charge on any atom is -0.479 e. The molecule has 4 atom stereocenters. The molecule has 50 heavy (non-hydrogen) atoms. The first kappa shape index (κ1) is 40.7. The van der Waals surface area contributed by atoms with Crippen molar-refractivity contribution in [2.75, 3.05) is 27.3 Å². The molecule has 1 saturated heterocycles. The van der Waals surface area contributed by atoms with E-state index in [1.807, 2.05) is 24.3 Å². The largest absolute Gasteiger partial charge is 0.479 e. The summed E-state index contributed by atoms with van der Waals surface area (Å²) in [5, 5.41) is 9.31. The lowest BCUT2D eigenvalue weighted by Gasteiger charge is -2.34. The van der Waals surface area contributed by atoms with E-state index in [-0.39, 0.29) is 18.8 Å². The Kier molecular flexibility index (Phi) is 14.2. The Morgan fingerprint density at radius 3 is 2.00 bits per heavy atom. The van der Waals surface area contributed by atoms with Gasteiger partial charge < -0.3 is 29.0 Å². The maximum Gasteiger partial charge on any atom is 0.410 e. The van der Waals surface area contributed by atoms with E-state index in [1.165, 1.54) is 40.4 Å². The smallest absolute Gasteiger partial charge is 0.410 e. The second-order valence-electron chi connectivity index (χ2n) is 15.2. The molecule has 0 aromatic heterocycles. The Morgan fingerprint density at radius 2 is 1.48 bits per heavy atom. The summed E-state index contributed by atoms with van der Waals surface area (Å²) in [5.74, 6) is -3.38. The number of nitrogens with zero attached hydrogens (tertiary/aromatic N) is 2. The van der Waals surface area contributed by atoms with Gasteiger partial charge in [0.2, 0.25) is 0 Å². The van der Waals surface area contributed by atoms with Crippen LogP contribution in [-0.2, 0) is 44.5 Å². The van der Waals surface area contributed by atoms with Gasteiger partial charge in [-0.1, -0.05) is 37.1 Å². The summed E-state index contributed by atoms with van der Waals surface area (Å²) in [6.07, 6.45) is -0.00797. The molecule has 1 aromatic carbocycles. The van der Waals surface area contributed by atoms with Crippen LogP contribution in [0.2, 0.25) is 0 Å². The van der Waals surface area contributed by atoms with Crippen LogP contribution in [0.5, 0.6) is 0 Å². The molecule has 1 heterocycles. The summed E-state index contributed by atoms with van der Waals surface area (Å²) < 4.78 is 37.0. The molecule has 0 radical (unpaired) electrons. The number of likely N-dealkylation sites (N-methyl/N-ethyl adjacent to an activating group) is 2. The lowest BCUT2D eigenvalue weighted by atomic mass is 9.90. The minimum atomic E-state index is -1.90. The molecule has 0 unspecified atom stereocenters. The quantitative estimate of drug-likeness (QED) is 0.174. The van der Waals surface area contributed by atoms with Crippen LogP contribution in [-0.4, -0.2) is 108 Å². The third kappa shape index (κ3) is 12.9. The Bertz CT molecular complexity index is 1330. The zero-order chi connectivity index (χ0) is 37.4. The maximum absolute atomic E-state index is 15.0. The van der Waals surface area contributed by atoms with Crippen LogP contribution in [0.1, 0.15) is 104 Å². The van der Waals surface area contributed by atoms with Gasteiger partial charge in [-0.05, 0) is 96.6 Å². The van der Waals surface area contributed by atoms with Gasteiger partial charge in [0.1, 0.15) is 23.4 Å². The molecule has 1 aromatic rings. The first-order valence-corrected chi connectivity index (χ1v) is 17.5. The SMILES string of the molecule is C[C@@H](OC(=O)[C@H](CC1CC1)N(C)C(=O)[C@@H](CCc1ccc(C2CCOCC2)cc1)OC(=O)[C@H](CC(C)(C)F)N(C)C(=O)OC(C)(C)C)C(=O)O. The van der Waals surface area contributed by atoms with E-state index >= 15 is 4.39 Å². The summed E-state index contributed by atoms with van der Waals surface area (Å²) in [6.45, 7) is 10.2. The molecular formula is C37H55FN2O10. The molecule has 1 N–H and O–H groups in total. The number of carbonyl (C=O) groups is 5. The number of esters is 2. The number of aryl methyl sites for hydroxylation is 1. The number of amides is 2. The van der Waals surface area contributed by atoms with Gasteiger partial charge in [0, 0.05) is 33.7 Å². The van der Waals surface area contributed by atoms with Crippen molar-refractivity contribution in [1.29, 1.82) is 0 Å². The van der Waals surface area contributed by atoms with Crippen molar-refractivity contribution >= 4 is 29.9 Å². The average Bonchev–Trinajstić information content (AvgIpc) is 3.87. The molecule has 2 aliphatic rings. The molecule has 2 fully saturated rings. The van der Waals surface area contributed by atoms with Gasteiger partial charge in [0.25, 0.3) is 5.91 Å². The molecule has 3 rings (SSSR count). The van der Waals surface area contributed by atoms with Gasteiger partial charge in [-0.2, -0.15) is 0 Å². The summed E-state index contributed by atoms with van der Waals surface area (Å²) in [6, 6.07) is 5.45. The van der Waals surface area contributed by atoms with E-state index in [4.69, 9.17) is 18.9 Å². The molecule has 1 saturated carbocycles. The molecule has 0 bridgehead atoms. The van der Waals surface area contributed by atoms with E-state index in [2.05, 4.69) is 0 Å². The molecule has 1 aliphatic heterocycles. The fourth-order valence-corrected chi connectivity index (χ4v) is 5.80. The van der Waals surface area contributed by atoms with E-state index < -0.39 is 71.9 Å². The van der Waals surface area contributed by atoms with Crippen molar-refractivity contribution in [3.63, 3.8) is 0 Å². The monoisotopic (exact) mass is 706 g/mol. The summed E-state index contributed by atoms with van der Waals surface area (Å²) >= 11 is 0. The van der Waals surface area contributed by atoms with Crippen LogP contribution in [0.25, 0.3) is 0 Å². The molecular weight excluding hydrogens is 651 g/mol. The topological polar surface area (TPSA) is 149 Å². The van der Waals surface area contributed by atoms with Crippen molar-refractivity contribution < 1.29 is 52.4 Å². The highest BCUT2D eigenvalue weighted by molar-refractivity contribution is 5.90. The van der Waals surface area contributed by atoms with Gasteiger partial charge in [0.05, 0.1) is 0 Å². The van der Waals surface area contributed by atoms with Crippen LogP contribution in [0.15, 0.2) is 24.3 Å². The van der Waals surface area contributed by atoms with E-state index in [1.54, 1.807) is 20.8 Å². The number of ether oxygens (including phenoxy) is 4. The van der Waals surface area contributed by atoms with Crippen molar-refractivity contribution in [1.82, 2.24) is 9.80 Å². The fraction of sp³-hybridized carbons (Fsp3) is 0.703. The molecule has 2 amide bonds. The number of carboxylic acid groups (broad SMARTS) is 1. The maximum atomic E-state index is 15.0. The van der Waals surface area contributed by atoms with Gasteiger partial charge in [0.15, 0.2) is 12.2 Å². The first-order valence-electron chi connectivity index (χ1n) is 17.5. The number of benzene rings is 1. The highest BCUT2D eigenvalue weighted by Crippen LogP contribution is 2.35. The zero-order valence-electron chi connectivity index (χ0n) is 30.7. The van der Waals surface area contributed by atoms with Gasteiger partial charge >= 0.3 is 24.0 Å². The lowest BCUT2D eigenvalue weighted by Crippen LogP contribution is -2.52. The predicted octanol–water partition coefficient (Wildman–Crippen LogP) is 5.44. The van der Waals surface area contributed by atoms with Crippen LogP contribution in [0.3, 0.4) is 0 Å². The fourth-order valence-electron chi connectivity index (χ4n) is 5.80. The Hall–Kier alpha value is -3.74. The Balaban J connectivity index is 1.89.